The monoisotopic (exact) mass is 283 g/mol. The molecule has 1 unspecified atom stereocenters. The summed E-state index contributed by atoms with van der Waals surface area (Å²) in [5.41, 5.74) is 0.138. The Bertz CT molecular complexity index is 318. The highest BCUT2D eigenvalue weighted by Crippen LogP contribution is 2.38. The van der Waals surface area contributed by atoms with Gasteiger partial charge >= 0.3 is 5.97 Å². The van der Waals surface area contributed by atoms with Crippen molar-refractivity contribution >= 4 is 5.97 Å². The Morgan fingerprint density at radius 3 is 2.20 bits per heavy atom. The molecule has 3 nitrogen and oxygen atoms in total. The van der Waals surface area contributed by atoms with E-state index in [1.807, 2.05) is 6.92 Å². The van der Waals surface area contributed by atoms with Crippen LogP contribution in [0.3, 0.4) is 0 Å². The normalized spacial score (nSPS) is 24.4. The molecule has 0 bridgehead atoms. The second-order valence-electron chi connectivity index (χ2n) is 7.69. The predicted octanol–water partition coefficient (Wildman–Crippen LogP) is 4.01. The van der Waals surface area contributed by atoms with Crippen LogP contribution < -0.4 is 0 Å². The molecule has 1 fully saturated rings. The molecule has 0 aromatic rings. The van der Waals surface area contributed by atoms with Gasteiger partial charge < -0.3 is 4.74 Å². The van der Waals surface area contributed by atoms with E-state index in [9.17, 15) is 4.79 Å². The number of hydrogen-bond donors (Lipinski definition) is 0. The lowest BCUT2D eigenvalue weighted by Gasteiger charge is -2.53. The largest absolute Gasteiger partial charge is 0.462 e. The minimum Gasteiger partial charge on any atom is -0.462 e. The van der Waals surface area contributed by atoms with Crippen molar-refractivity contribution in [3.05, 3.63) is 0 Å². The highest BCUT2D eigenvalue weighted by molar-refractivity contribution is 5.72. The number of unbranched alkanes of at least 4 members (excludes halogenated alkanes) is 1. The van der Waals surface area contributed by atoms with Crippen LogP contribution in [0.2, 0.25) is 0 Å². The zero-order valence-corrected chi connectivity index (χ0v) is 14.5. The maximum atomic E-state index is 12.2. The van der Waals surface area contributed by atoms with Gasteiger partial charge in [-0.1, -0.05) is 26.7 Å². The molecule has 0 spiro atoms. The van der Waals surface area contributed by atoms with E-state index >= 15 is 0 Å². The van der Waals surface area contributed by atoms with Gasteiger partial charge in [-0.25, -0.2) is 0 Å². The molecule has 0 saturated carbocycles. The lowest BCUT2D eigenvalue weighted by atomic mass is 9.78. The smallest absolute Gasteiger partial charge is 0.308 e. The average molecular weight is 283 g/mol. The molecule has 0 aliphatic carbocycles. The molecule has 20 heavy (non-hydrogen) atoms. The van der Waals surface area contributed by atoms with Crippen LogP contribution in [0.1, 0.15) is 73.6 Å². The fraction of sp³-hybridized carbons (Fsp3) is 0.941. The summed E-state index contributed by atoms with van der Waals surface area (Å²) in [5, 5.41) is 0. The molecular formula is C17H33NO2. The molecule has 3 heteroatoms. The van der Waals surface area contributed by atoms with Crippen LogP contribution in [0.25, 0.3) is 0 Å². The quantitative estimate of drug-likeness (QED) is 0.714. The number of nitrogens with zero attached hydrogens (tertiary/aromatic N) is 1. The number of esters is 1. The van der Waals surface area contributed by atoms with Gasteiger partial charge in [-0.3, -0.25) is 9.69 Å². The molecule has 0 N–H and O–H groups in total. The van der Waals surface area contributed by atoms with Gasteiger partial charge in [0.25, 0.3) is 0 Å². The van der Waals surface area contributed by atoms with Crippen LogP contribution in [0.5, 0.6) is 0 Å². The van der Waals surface area contributed by atoms with E-state index in [1.54, 1.807) is 0 Å². The maximum absolute atomic E-state index is 12.2. The Kier molecular flexibility index (Phi) is 5.65. The van der Waals surface area contributed by atoms with Crippen molar-refractivity contribution in [2.45, 2.75) is 90.8 Å². The molecule has 118 valence electrons. The van der Waals surface area contributed by atoms with Crippen LogP contribution >= 0.6 is 0 Å². The topological polar surface area (TPSA) is 29.5 Å². The van der Waals surface area contributed by atoms with Gasteiger partial charge in [0, 0.05) is 23.9 Å². The molecule has 1 aliphatic rings. The van der Waals surface area contributed by atoms with Gasteiger partial charge in [-0.2, -0.15) is 0 Å². The summed E-state index contributed by atoms with van der Waals surface area (Å²) in [6, 6.07) is 0. The minimum atomic E-state index is -0.0143. The third kappa shape index (κ3) is 4.21. The lowest BCUT2D eigenvalue weighted by molar-refractivity contribution is -0.163. The zero-order chi connectivity index (χ0) is 15.6. The number of hydrogen-bond acceptors (Lipinski definition) is 3. The van der Waals surface area contributed by atoms with Crippen LogP contribution in [-0.2, 0) is 9.53 Å². The van der Waals surface area contributed by atoms with Crippen LogP contribution in [0, 0.1) is 5.92 Å². The number of likely N-dealkylation sites (tertiary alicyclic amines) is 1. The number of ether oxygens (including phenoxy) is 1. The highest BCUT2D eigenvalue weighted by Gasteiger charge is 2.44. The first-order valence-corrected chi connectivity index (χ1v) is 8.04. The molecule has 0 radical (unpaired) electrons. The summed E-state index contributed by atoms with van der Waals surface area (Å²) < 4.78 is 5.80. The fourth-order valence-corrected chi connectivity index (χ4v) is 3.27. The predicted molar refractivity (Wildman–Crippen MR) is 83.7 cm³/mol. The molecule has 1 atom stereocenters. The first kappa shape index (κ1) is 17.5. The highest BCUT2D eigenvalue weighted by atomic mass is 16.5. The van der Waals surface area contributed by atoms with Gasteiger partial charge in [0.1, 0.15) is 6.10 Å². The van der Waals surface area contributed by atoms with Crippen molar-refractivity contribution in [1.82, 2.24) is 4.90 Å². The molecule has 1 aliphatic heterocycles. The summed E-state index contributed by atoms with van der Waals surface area (Å²) in [7, 11) is 2.17. The van der Waals surface area contributed by atoms with Crippen molar-refractivity contribution < 1.29 is 9.53 Å². The van der Waals surface area contributed by atoms with Crippen LogP contribution in [0.4, 0.5) is 0 Å². The summed E-state index contributed by atoms with van der Waals surface area (Å²) in [6.45, 7) is 13.1. The number of carbonyl (C=O) groups is 1. The third-order valence-corrected chi connectivity index (χ3v) is 4.95. The second-order valence-corrected chi connectivity index (χ2v) is 7.69. The first-order valence-electron chi connectivity index (χ1n) is 8.04. The number of carbonyl (C=O) groups excluding carboxylic acids is 1. The van der Waals surface area contributed by atoms with Crippen LogP contribution in [0.15, 0.2) is 0 Å². The lowest BCUT2D eigenvalue weighted by Crippen LogP contribution is -2.60. The zero-order valence-electron chi connectivity index (χ0n) is 14.5. The summed E-state index contributed by atoms with van der Waals surface area (Å²) in [5.74, 6) is 0.0143. The van der Waals surface area contributed by atoms with Gasteiger partial charge in [0.2, 0.25) is 0 Å². The molecule has 0 aromatic carbocycles. The number of rotatable bonds is 5. The third-order valence-electron chi connectivity index (χ3n) is 4.95. The Labute approximate surface area is 125 Å². The first-order chi connectivity index (χ1) is 9.10. The molecule has 0 amide bonds. The SMILES string of the molecule is CCCCC(C)C(=O)OC1CC(C)(C)N(C)C(C)(C)C1. The summed E-state index contributed by atoms with van der Waals surface area (Å²) in [4.78, 5) is 14.6. The molecule has 0 aromatic heterocycles. The van der Waals surface area contributed by atoms with E-state index in [1.165, 1.54) is 0 Å². The van der Waals surface area contributed by atoms with E-state index in [4.69, 9.17) is 4.74 Å². The Morgan fingerprint density at radius 1 is 1.25 bits per heavy atom. The van der Waals surface area contributed by atoms with Gasteiger partial charge in [0.05, 0.1) is 5.92 Å². The van der Waals surface area contributed by atoms with Crippen molar-refractivity contribution in [3.8, 4) is 0 Å². The van der Waals surface area contributed by atoms with Crippen LogP contribution in [-0.4, -0.2) is 35.1 Å². The Morgan fingerprint density at radius 2 is 1.75 bits per heavy atom. The van der Waals surface area contributed by atoms with E-state index < -0.39 is 0 Å². The van der Waals surface area contributed by atoms with Crippen molar-refractivity contribution in [3.63, 3.8) is 0 Å². The standard InChI is InChI=1S/C17H33NO2/c1-8-9-10-13(2)15(19)20-14-11-16(3,4)18(7)17(5,6)12-14/h13-14H,8-12H2,1-7H3. The molecular weight excluding hydrogens is 250 g/mol. The average Bonchev–Trinajstić information content (AvgIpc) is 2.32. The maximum Gasteiger partial charge on any atom is 0.308 e. The Hall–Kier alpha value is -0.570. The van der Waals surface area contributed by atoms with E-state index in [2.05, 4.69) is 46.6 Å². The second kappa shape index (κ2) is 6.46. The molecule has 1 rings (SSSR count). The van der Waals surface area contributed by atoms with Crippen molar-refractivity contribution in [1.29, 1.82) is 0 Å². The van der Waals surface area contributed by atoms with Gasteiger partial charge in [0.15, 0.2) is 0 Å². The van der Waals surface area contributed by atoms with Gasteiger partial charge in [-0.05, 0) is 41.2 Å². The summed E-state index contributed by atoms with van der Waals surface area (Å²) >= 11 is 0. The minimum absolute atomic E-state index is 0.0143. The van der Waals surface area contributed by atoms with Crippen molar-refractivity contribution in [2.24, 2.45) is 5.92 Å². The summed E-state index contributed by atoms with van der Waals surface area (Å²) in [6.07, 6.45) is 5.05. The molecule has 1 heterocycles. The van der Waals surface area contributed by atoms with Gasteiger partial charge in [-0.15, -0.1) is 0 Å². The molecule has 1 saturated heterocycles. The fourth-order valence-electron chi connectivity index (χ4n) is 3.27. The van der Waals surface area contributed by atoms with E-state index in [0.717, 1.165) is 32.1 Å². The Balaban J connectivity index is 2.62. The van der Waals surface area contributed by atoms with E-state index in [0.29, 0.717) is 0 Å². The van der Waals surface area contributed by atoms with Crippen molar-refractivity contribution in [2.75, 3.05) is 7.05 Å². The number of piperidine rings is 1. The van der Waals surface area contributed by atoms with E-state index in [-0.39, 0.29) is 29.1 Å².